The molecule has 1 amide bonds. The first-order chi connectivity index (χ1) is 16.6. The summed E-state index contributed by atoms with van der Waals surface area (Å²) in [5.41, 5.74) is 15.1. The maximum absolute atomic E-state index is 12.6. The number of hydrogen-bond acceptors (Lipinski definition) is 6. The van der Waals surface area contributed by atoms with Crippen LogP contribution in [-0.4, -0.2) is 51.1 Å². The lowest BCUT2D eigenvalue weighted by atomic mass is 9.84. The highest BCUT2D eigenvalue weighted by molar-refractivity contribution is 8.00. The SMILES string of the molecule is COc1ccc(C(SC[C@H](N)C(=O)NCCOCCN)(c2ccccc2)c2ccccc2)cc1. The standard InChI is InChI=1S/C27H33N3O3S/c1-32-24-14-12-23(13-15-24)27(21-8-4-2-5-9-21,22-10-6-3-7-11-22)34-20-25(29)26(31)30-17-19-33-18-16-28/h2-15,25H,16-20,28-29H2,1H3,(H,30,31)/t25-/m0/s1. The van der Waals surface area contributed by atoms with Crippen molar-refractivity contribution in [1.29, 1.82) is 0 Å². The zero-order valence-electron chi connectivity index (χ0n) is 19.5. The summed E-state index contributed by atoms with van der Waals surface area (Å²) in [5, 5.41) is 2.85. The summed E-state index contributed by atoms with van der Waals surface area (Å²) < 4.78 is 10.2. The van der Waals surface area contributed by atoms with Gasteiger partial charge in [-0.15, -0.1) is 11.8 Å². The molecule has 3 aromatic rings. The predicted molar refractivity (Wildman–Crippen MR) is 139 cm³/mol. The number of rotatable bonds is 13. The van der Waals surface area contributed by atoms with Gasteiger partial charge in [0.05, 0.1) is 31.1 Å². The van der Waals surface area contributed by atoms with Gasteiger partial charge in [-0.3, -0.25) is 4.79 Å². The summed E-state index contributed by atoms with van der Waals surface area (Å²) in [6.45, 7) is 1.73. The third-order valence-electron chi connectivity index (χ3n) is 5.48. The third kappa shape index (κ3) is 6.39. The predicted octanol–water partition coefficient (Wildman–Crippen LogP) is 3.14. The molecule has 0 saturated carbocycles. The zero-order valence-corrected chi connectivity index (χ0v) is 20.3. The van der Waals surface area contributed by atoms with Crippen molar-refractivity contribution in [1.82, 2.24) is 5.32 Å². The van der Waals surface area contributed by atoms with Gasteiger partial charge in [0.2, 0.25) is 5.91 Å². The molecule has 34 heavy (non-hydrogen) atoms. The second kappa shape index (κ2) is 13.2. The number of ether oxygens (including phenoxy) is 2. The molecule has 1 atom stereocenters. The zero-order chi connectivity index (χ0) is 24.2. The Bertz CT molecular complexity index is 961. The van der Waals surface area contributed by atoms with E-state index in [1.54, 1.807) is 18.9 Å². The van der Waals surface area contributed by atoms with E-state index >= 15 is 0 Å². The van der Waals surface area contributed by atoms with Crippen molar-refractivity contribution in [3.63, 3.8) is 0 Å². The molecule has 0 unspecified atom stereocenters. The summed E-state index contributed by atoms with van der Waals surface area (Å²) in [6.07, 6.45) is 0. The quantitative estimate of drug-likeness (QED) is 0.257. The van der Waals surface area contributed by atoms with Crippen molar-refractivity contribution in [2.75, 3.05) is 39.2 Å². The smallest absolute Gasteiger partial charge is 0.237 e. The Hall–Kier alpha value is -2.84. The van der Waals surface area contributed by atoms with Crippen molar-refractivity contribution in [3.8, 4) is 5.75 Å². The Labute approximate surface area is 206 Å². The van der Waals surface area contributed by atoms with Crippen LogP contribution in [0, 0.1) is 0 Å². The fourth-order valence-corrected chi connectivity index (χ4v) is 5.26. The number of carbonyl (C=O) groups is 1. The Balaban J connectivity index is 1.91. The van der Waals surface area contributed by atoms with Crippen LogP contribution in [-0.2, 0) is 14.3 Å². The minimum Gasteiger partial charge on any atom is -0.497 e. The second-order valence-corrected chi connectivity index (χ2v) is 8.99. The number of hydrogen-bond donors (Lipinski definition) is 3. The van der Waals surface area contributed by atoms with Gasteiger partial charge in [-0.1, -0.05) is 72.8 Å². The topological polar surface area (TPSA) is 99.6 Å². The molecule has 0 bridgehead atoms. The van der Waals surface area contributed by atoms with E-state index in [1.807, 2.05) is 48.5 Å². The monoisotopic (exact) mass is 479 g/mol. The van der Waals surface area contributed by atoms with Crippen LogP contribution in [0.3, 0.4) is 0 Å². The molecule has 0 heterocycles. The Morgan fingerprint density at radius 1 is 0.912 bits per heavy atom. The van der Waals surface area contributed by atoms with Gasteiger partial charge in [0.15, 0.2) is 0 Å². The highest BCUT2D eigenvalue weighted by Gasteiger charge is 2.38. The van der Waals surface area contributed by atoms with E-state index in [4.69, 9.17) is 20.9 Å². The minimum absolute atomic E-state index is 0.200. The van der Waals surface area contributed by atoms with Crippen LogP contribution < -0.4 is 21.5 Å². The van der Waals surface area contributed by atoms with E-state index in [9.17, 15) is 4.79 Å². The van der Waals surface area contributed by atoms with Crippen molar-refractivity contribution >= 4 is 17.7 Å². The van der Waals surface area contributed by atoms with Gasteiger partial charge in [0.25, 0.3) is 0 Å². The fraction of sp³-hybridized carbons (Fsp3) is 0.296. The van der Waals surface area contributed by atoms with Gasteiger partial charge < -0.3 is 26.3 Å². The highest BCUT2D eigenvalue weighted by atomic mass is 32.2. The first-order valence-electron chi connectivity index (χ1n) is 11.3. The number of benzene rings is 3. The normalized spacial score (nSPS) is 12.2. The van der Waals surface area contributed by atoms with E-state index in [-0.39, 0.29) is 5.91 Å². The molecule has 5 N–H and O–H groups in total. The van der Waals surface area contributed by atoms with Crippen LogP contribution in [0.15, 0.2) is 84.9 Å². The number of nitrogens with one attached hydrogen (secondary N) is 1. The maximum atomic E-state index is 12.6. The molecular weight excluding hydrogens is 446 g/mol. The van der Waals surface area contributed by atoms with Crippen LogP contribution >= 0.6 is 11.8 Å². The summed E-state index contributed by atoms with van der Waals surface area (Å²) in [6, 6.07) is 28.0. The first kappa shape index (κ1) is 25.8. The lowest BCUT2D eigenvalue weighted by molar-refractivity contribution is -0.122. The van der Waals surface area contributed by atoms with Crippen molar-refractivity contribution in [3.05, 3.63) is 102 Å². The van der Waals surface area contributed by atoms with Crippen LogP contribution in [0.4, 0.5) is 0 Å². The van der Waals surface area contributed by atoms with Gasteiger partial charge in [-0.25, -0.2) is 0 Å². The molecule has 0 aliphatic carbocycles. The summed E-state index contributed by atoms with van der Waals surface area (Å²) in [5.74, 6) is 1.01. The van der Waals surface area contributed by atoms with Gasteiger partial charge in [0.1, 0.15) is 5.75 Å². The Kier molecular flexibility index (Phi) is 9.97. The number of carbonyl (C=O) groups excluding carboxylic acids is 1. The molecule has 0 aliphatic heterocycles. The first-order valence-corrected chi connectivity index (χ1v) is 12.3. The molecule has 0 spiro atoms. The average Bonchev–Trinajstić information content (AvgIpc) is 2.90. The van der Waals surface area contributed by atoms with Crippen LogP contribution in [0.25, 0.3) is 0 Å². The number of nitrogens with two attached hydrogens (primary N) is 2. The summed E-state index contributed by atoms with van der Waals surface area (Å²) in [4.78, 5) is 12.6. The van der Waals surface area contributed by atoms with Crippen molar-refractivity contribution in [2.24, 2.45) is 11.5 Å². The molecule has 3 rings (SSSR count). The van der Waals surface area contributed by atoms with E-state index < -0.39 is 10.8 Å². The maximum Gasteiger partial charge on any atom is 0.237 e. The summed E-state index contributed by atoms with van der Waals surface area (Å²) >= 11 is 1.65. The average molecular weight is 480 g/mol. The Morgan fingerprint density at radius 3 is 2.00 bits per heavy atom. The van der Waals surface area contributed by atoms with E-state index in [0.29, 0.717) is 32.1 Å². The minimum atomic E-state index is -0.676. The number of thioether (sulfide) groups is 1. The summed E-state index contributed by atoms with van der Waals surface area (Å²) in [7, 11) is 1.66. The number of methoxy groups -OCH3 is 1. The second-order valence-electron chi connectivity index (χ2n) is 7.75. The molecule has 3 aromatic carbocycles. The third-order valence-corrected chi connectivity index (χ3v) is 7.15. The van der Waals surface area contributed by atoms with Gasteiger partial charge in [0, 0.05) is 18.8 Å². The lowest BCUT2D eigenvalue weighted by Crippen LogP contribution is -2.44. The fourth-order valence-electron chi connectivity index (χ4n) is 3.77. The van der Waals surface area contributed by atoms with Gasteiger partial charge >= 0.3 is 0 Å². The lowest BCUT2D eigenvalue weighted by Gasteiger charge is -2.36. The van der Waals surface area contributed by atoms with Crippen LogP contribution in [0.2, 0.25) is 0 Å². The van der Waals surface area contributed by atoms with Gasteiger partial charge in [-0.05, 0) is 28.8 Å². The molecule has 180 valence electrons. The van der Waals surface area contributed by atoms with Gasteiger partial charge in [-0.2, -0.15) is 0 Å². The van der Waals surface area contributed by atoms with Crippen LogP contribution in [0.5, 0.6) is 5.75 Å². The van der Waals surface area contributed by atoms with E-state index in [2.05, 4.69) is 41.7 Å². The molecule has 0 saturated heterocycles. The highest BCUT2D eigenvalue weighted by Crippen LogP contribution is 2.48. The molecule has 0 radical (unpaired) electrons. The van der Waals surface area contributed by atoms with Crippen molar-refractivity contribution in [2.45, 2.75) is 10.8 Å². The molecule has 0 fully saturated rings. The number of amides is 1. The molecule has 7 heteroatoms. The van der Waals surface area contributed by atoms with E-state index in [0.717, 1.165) is 22.4 Å². The van der Waals surface area contributed by atoms with E-state index in [1.165, 1.54) is 0 Å². The van der Waals surface area contributed by atoms with Crippen molar-refractivity contribution < 1.29 is 14.3 Å². The largest absolute Gasteiger partial charge is 0.497 e. The molecular formula is C27H33N3O3S. The molecule has 0 aromatic heterocycles. The Morgan fingerprint density at radius 2 is 1.47 bits per heavy atom. The van der Waals surface area contributed by atoms with Crippen LogP contribution in [0.1, 0.15) is 16.7 Å². The molecule has 0 aliphatic rings. The molecule has 6 nitrogen and oxygen atoms in total.